The Morgan fingerprint density at radius 1 is 1.28 bits per heavy atom. The normalized spacial score (nSPS) is 24.4. The first-order valence-corrected chi connectivity index (χ1v) is 8.14. The maximum atomic E-state index is 14.8. The van der Waals surface area contributed by atoms with E-state index < -0.39 is 36.4 Å². The lowest BCUT2D eigenvalue weighted by atomic mass is 10.1. The highest BCUT2D eigenvalue weighted by Gasteiger charge is 2.29. The van der Waals surface area contributed by atoms with Gasteiger partial charge in [0.05, 0.1) is 5.48 Å². The van der Waals surface area contributed by atoms with E-state index in [0.717, 1.165) is 0 Å². The smallest absolute Gasteiger partial charge is 0.410 e. The van der Waals surface area contributed by atoms with Crippen molar-refractivity contribution in [2.24, 2.45) is 0 Å². The maximum absolute atomic E-state index is 14.8. The van der Waals surface area contributed by atoms with Crippen LogP contribution in [0.5, 0.6) is 17.2 Å². The lowest BCUT2D eigenvalue weighted by Crippen LogP contribution is -2.44. The molecule has 1 aromatic rings. The van der Waals surface area contributed by atoms with E-state index in [-0.39, 0.29) is 17.6 Å². The number of hydrogen-bond acceptors (Lipinski definition) is 5. The number of carbonyl (C=O) groups is 1. The first-order valence-electron chi connectivity index (χ1n) is 10.1. The van der Waals surface area contributed by atoms with Gasteiger partial charge in [-0.25, -0.2) is 4.79 Å². The molecule has 1 saturated heterocycles. The Labute approximate surface area is 152 Å². The summed E-state index contributed by atoms with van der Waals surface area (Å²) in [5, 5.41) is 0. The van der Waals surface area contributed by atoms with E-state index in [4.69, 9.17) is 24.4 Å². The quantitative estimate of drug-likeness (QED) is 0.812. The Kier molecular flexibility index (Phi) is 3.65. The Hall–Kier alpha value is -2.18. The minimum Gasteiger partial charge on any atom is -0.487 e. The summed E-state index contributed by atoms with van der Waals surface area (Å²) in [4.78, 5) is 13.7. The number of nitrogens with zero attached hydrogens (tertiary/aromatic N) is 1. The van der Waals surface area contributed by atoms with E-state index in [9.17, 15) is 9.18 Å². The molecule has 3 rings (SSSR count). The second-order valence-corrected chi connectivity index (χ2v) is 6.90. The SMILES string of the molecule is [2H]C1([2H])Oc2ccc(OC3CCN(C(=O)OC(C)(C)C)CC3)c(F)c2OC1([2H])[2H]. The molecule has 1 amide bonds. The predicted octanol–water partition coefficient (Wildman–Crippen LogP) is 3.38. The zero-order valence-electron chi connectivity index (χ0n) is 18.4. The van der Waals surface area contributed by atoms with Gasteiger partial charge in [-0.05, 0) is 32.9 Å². The van der Waals surface area contributed by atoms with Crippen molar-refractivity contribution >= 4 is 6.09 Å². The molecule has 2 heterocycles. The van der Waals surface area contributed by atoms with Gasteiger partial charge in [-0.3, -0.25) is 0 Å². The van der Waals surface area contributed by atoms with Crippen LogP contribution in [0.4, 0.5) is 9.18 Å². The fourth-order valence-corrected chi connectivity index (χ4v) is 2.60. The van der Waals surface area contributed by atoms with Gasteiger partial charge in [-0.1, -0.05) is 0 Å². The van der Waals surface area contributed by atoms with Crippen LogP contribution in [0, 0.1) is 5.82 Å². The number of fused-ring (bicyclic) bond motifs is 1. The van der Waals surface area contributed by atoms with Gasteiger partial charge in [0.1, 0.15) is 24.8 Å². The summed E-state index contributed by atoms with van der Waals surface area (Å²) in [5.74, 6) is -1.89. The molecule has 0 aliphatic carbocycles. The lowest BCUT2D eigenvalue weighted by molar-refractivity contribution is 0.0122. The average Bonchev–Trinajstić information content (AvgIpc) is 2.58. The van der Waals surface area contributed by atoms with Gasteiger partial charge < -0.3 is 23.8 Å². The van der Waals surface area contributed by atoms with E-state index in [1.807, 2.05) is 0 Å². The van der Waals surface area contributed by atoms with Crippen LogP contribution in [0.15, 0.2) is 12.1 Å². The number of benzene rings is 1. The molecule has 0 unspecified atom stereocenters. The van der Waals surface area contributed by atoms with Gasteiger partial charge in [-0.2, -0.15) is 4.39 Å². The van der Waals surface area contributed by atoms with Gasteiger partial charge in [-0.15, -0.1) is 0 Å². The van der Waals surface area contributed by atoms with E-state index >= 15 is 0 Å². The molecule has 0 spiro atoms. The Morgan fingerprint density at radius 3 is 2.64 bits per heavy atom. The Morgan fingerprint density at radius 2 is 1.96 bits per heavy atom. The number of likely N-dealkylation sites (tertiary alicyclic amines) is 1. The van der Waals surface area contributed by atoms with E-state index in [1.54, 1.807) is 25.7 Å². The third-order valence-electron chi connectivity index (χ3n) is 3.77. The number of amides is 1. The second-order valence-electron chi connectivity index (χ2n) is 6.90. The molecule has 0 atom stereocenters. The topological polar surface area (TPSA) is 57.2 Å². The van der Waals surface area contributed by atoms with Crippen molar-refractivity contribution < 1.29 is 33.6 Å². The molecule has 0 radical (unpaired) electrons. The predicted molar refractivity (Wildman–Crippen MR) is 88.8 cm³/mol. The van der Waals surface area contributed by atoms with Crippen molar-refractivity contribution in [2.45, 2.75) is 45.3 Å². The van der Waals surface area contributed by atoms with Crippen LogP contribution in [0.2, 0.25) is 0 Å². The molecule has 1 fully saturated rings. The van der Waals surface area contributed by atoms with Gasteiger partial charge in [0.2, 0.25) is 11.6 Å². The summed E-state index contributed by atoms with van der Waals surface area (Å²) in [6.07, 6.45) is 0.180. The van der Waals surface area contributed by atoms with Gasteiger partial charge >= 0.3 is 6.09 Å². The highest BCUT2D eigenvalue weighted by molar-refractivity contribution is 5.68. The van der Waals surface area contributed by atoms with Crippen molar-refractivity contribution in [2.75, 3.05) is 26.2 Å². The standard InChI is InChI=1S/C18H24FNO5/c1-18(2,3)25-17(21)20-8-6-12(7-9-20)24-13-4-5-14-16(15(13)19)23-11-10-22-14/h4-5,12H,6-11H2,1-3H3/i10D2,11D2. The van der Waals surface area contributed by atoms with Crippen LogP contribution in [-0.2, 0) is 4.74 Å². The third kappa shape index (κ3) is 4.27. The first kappa shape index (κ1) is 13.1. The van der Waals surface area contributed by atoms with Crippen molar-refractivity contribution in [1.82, 2.24) is 4.90 Å². The Bertz CT molecular complexity index is 791. The number of rotatable bonds is 2. The average molecular weight is 357 g/mol. The largest absolute Gasteiger partial charge is 0.487 e. The fourth-order valence-electron chi connectivity index (χ4n) is 2.60. The molecule has 7 heteroatoms. The lowest BCUT2D eigenvalue weighted by Gasteiger charge is -2.33. The van der Waals surface area contributed by atoms with Crippen LogP contribution < -0.4 is 14.2 Å². The van der Waals surface area contributed by atoms with Crippen LogP contribution in [-0.4, -0.2) is 48.9 Å². The summed E-state index contributed by atoms with van der Waals surface area (Å²) < 4.78 is 65.9. The molecular weight excluding hydrogens is 329 g/mol. The number of halogens is 1. The van der Waals surface area contributed by atoms with Crippen LogP contribution in [0.1, 0.15) is 39.1 Å². The highest BCUT2D eigenvalue weighted by atomic mass is 19.1. The van der Waals surface area contributed by atoms with Crippen LogP contribution >= 0.6 is 0 Å². The summed E-state index contributed by atoms with van der Waals surface area (Å²) in [6, 6.07) is 2.56. The van der Waals surface area contributed by atoms with Gasteiger partial charge in [0, 0.05) is 25.9 Å². The van der Waals surface area contributed by atoms with Gasteiger partial charge in [0.15, 0.2) is 11.5 Å². The molecular formula is C18H24FNO5. The van der Waals surface area contributed by atoms with Crippen molar-refractivity contribution in [3.05, 3.63) is 17.9 Å². The second kappa shape index (κ2) is 6.98. The molecule has 0 saturated carbocycles. The van der Waals surface area contributed by atoms with E-state index in [1.165, 1.54) is 12.1 Å². The zero-order valence-corrected chi connectivity index (χ0v) is 14.4. The summed E-state index contributed by atoms with van der Waals surface area (Å²) >= 11 is 0. The van der Waals surface area contributed by atoms with Crippen molar-refractivity contribution in [3.63, 3.8) is 0 Å². The number of ether oxygens (including phenoxy) is 4. The van der Waals surface area contributed by atoms with Crippen LogP contribution in [0.25, 0.3) is 0 Å². The molecule has 0 bridgehead atoms. The molecule has 25 heavy (non-hydrogen) atoms. The minimum atomic E-state index is -2.86. The van der Waals surface area contributed by atoms with Gasteiger partial charge in [0.25, 0.3) is 0 Å². The maximum Gasteiger partial charge on any atom is 0.410 e. The molecule has 1 aromatic carbocycles. The summed E-state index contributed by atoms with van der Waals surface area (Å²) in [6.45, 7) is 0.544. The number of hydrogen-bond donors (Lipinski definition) is 0. The van der Waals surface area contributed by atoms with E-state index in [0.29, 0.717) is 25.9 Å². The first-order chi connectivity index (χ1) is 13.3. The molecule has 0 aromatic heterocycles. The molecule has 2 aliphatic heterocycles. The minimum absolute atomic E-state index is 0.152. The highest BCUT2D eigenvalue weighted by Crippen LogP contribution is 2.38. The van der Waals surface area contributed by atoms with Crippen LogP contribution in [0.3, 0.4) is 0 Å². The number of carbonyl (C=O) groups excluding carboxylic acids is 1. The molecule has 138 valence electrons. The molecule has 0 N–H and O–H groups in total. The van der Waals surface area contributed by atoms with Crippen molar-refractivity contribution in [1.29, 1.82) is 0 Å². The molecule has 2 aliphatic rings. The Balaban J connectivity index is 1.65. The zero-order chi connectivity index (χ0) is 21.6. The molecule has 6 nitrogen and oxygen atoms in total. The monoisotopic (exact) mass is 357 g/mol. The third-order valence-corrected chi connectivity index (χ3v) is 3.77. The summed E-state index contributed by atoms with van der Waals surface area (Å²) in [5.41, 5.74) is -0.584. The number of piperidine rings is 1. The van der Waals surface area contributed by atoms with Crippen molar-refractivity contribution in [3.8, 4) is 17.2 Å². The fraction of sp³-hybridized carbons (Fsp3) is 0.611. The summed E-state index contributed by atoms with van der Waals surface area (Å²) in [7, 11) is 0. The van der Waals surface area contributed by atoms with E-state index in [2.05, 4.69) is 0 Å².